The van der Waals surface area contributed by atoms with E-state index in [1.165, 1.54) is 19.3 Å². The molecule has 0 amide bonds. The van der Waals surface area contributed by atoms with E-state index in [2.05, 4.69) is 34.7 Å². The van der Waals surface area contributed by atoms with Crippen LogP contribution in [0.15, 0.2) is 12.1 Å². The average molecular weight is 219 g/mol. The largest absolute Gasteiger partial charge is 0.382 e. The molecule has 0 aliphatic carbocycles. The van der Waals surface area contributed by atoms with Crippen molar-refractivity contribution in [2.45, 2.75) is 39.2 Å². The Morgan fingerprint density at radius 2 is 2.25 bits per heavy atom. The SMILES string of the molecule is Cc1ccc(NCC2CCCCN2)c(C)n1. The molecule has 1 saturated heterocycles. The summed E-state index contributed by atoms with van der Waals surface area (Å²) in [6.45, 7) is 6.26. The summed E-state index contributed by atoms with van der Waals surface area (Å²) < 4.78 is 0. The molecule has 1 fully saturated rings. The topological polar surface area (TPSA) is 37.0 Å². The molecule has 0 radical (unpaired) electrons. The second-order valence-corrected chi connectivity index (χ2v) is 4.61. The molecule has 1 aromatic rings. The summed E-state index contributed by atoms with van der Waals surface area (Å²) in [6, 6.07) is 4.80. The van der Waals surface area contributed by atoms with Crippen molar-refractivity contribution in [2.24, 2.45) is 0 Å². The minimum atomic E-state index is 0.620. The van der Waals surface area contributed by atoms with Gasteiger partial charge in [-0.1, -0.05) is 6.42 Å². The van der Waals surface area contributed by atoms with Crippen molar-refractivity contribution in [3.05, 3.63) is 23.5 Å². The lowest BCUT2D eigenvalue weighted by Crippen LogP contribution is -2.39. The number of aromatic nitrogens is 1. The zero-order valence-electron chi connectivity index (χ0n) is 10.2. The number of rotatable bonds is 3. The number of hydrogen-bond donors (Lipinski definition) is 2. The fraction of sp³-hybridized carbons (Fsp3) is 0.615. The number of nitrogens with one attached hydrogen (secondary N) is 2. The quantitative estimate of drug-likeness (QED) is 0.818. The number of aryl methyl sites for hydroxylation is 2. The van der Waals surface area contributed by atoms with Gasteiger partial charge in [0.25, 0.3) is 0 Å². The number of piperidine rings is 1. The molecule has 0 aromatic carbocycles. The van der Waals surface area contributed by atoms with Crippen LogP contribution in [0.3, 0.4) is 0 Å². The lowest BCUT2D eigenvalue weighted by atomic mass is 10.1. The van der Waals surface area contributed by atoms with Gasteiger partial charge in [-0.25, -0.2) is 0 Å². The van der Waals surface area contributed by atoms with Crippen molar-refractivity contribution in [3.63, 3.8) is 0 Å². The van der Waals surface area contributed by atoms with Gasteiger partial charge in [-0.2, -0.15) is 0 Å². The van der Waals surface area contributed by atoms with Crippen LogP contribution < -0.4 is 10.6 Å². The highest BCUT2D eigenvalue weighted by molar-refractivity contribution is 5.47. The summed E-state index contributed by atoms with van der Waals surface area (Å²) in [5, 5.41) is 7.02. The van der Waals surface area contributed by atoms with E-state index < -0.39 is 0 Å². The predicted molar refractivity (Wildman–Crippen MR) is 67.8 cm³/mol. The molecule has 0 saturated carbocycles. The molecule has 1 unspecified atom stereocenters. The third kappa shape index (κ3) is 2.95. The first-order chi connectivity index (χ1) is 7.75. The smallest absolute Gasteiger partial charge is 0.0606 e. The standard InChI is InChI=1S/C13H21N3/c1-10-6-7-13(11(2)16-10)15-9-12-5-3-4-8-14-12/h6-7,12,14-15H,3-5,8-9H2,1-2H3. The van der Waals surface area contributed by atoms with E-state index in [0.29, 0.717) is 6.04 Å². The average Bonchev–Trinajstić information content (AvgIpc) is 2.29. The number of pyridine rings is 1. The minimum Gasteiger partial charge on any atom is -0.382 e. The van der Waals surface area contributed by atoms with Crippen LogP contribution in [0.4, 0.5) is 5.69 Å². The van der Waals surface area contributed by atoms with Gasteiger partial charge >= 0.3 is 0 Å². The van der Waals surface area contributed by atoms with Crippen LogP contribution >= 0.6 is 0 Å². The van der Waals surface area contributed by atoms with Gasteiger partial charge in [0.1, 0.15) is 0 Å². The van der Waals surface area contributed by atoms with Crippen LogP contribution in [0, 0.1) is 13.8 Å². The summed E-state index contributed by atoms with van der Waals surface area (Å²) in [7, 11) is 0. The van der Waals surface area contributed by atoms with Crippen molar-refractivity contribution >= 4 is 5.69 Å². The molecule has 3 heteroatoms. The van der Waals surface area contributed by atoms with E-state index in [1.807, 2.05) is 6.92 Å². The lowest BCUT2D eigenvalue weighted by Gasteiger charge is -2.24. The monoisotopic (exact) mass is 219 g/mol. The van der Waals surface area contributed by atoms with Crippen molar-refractivity contribution in [1.82, 2.24) is 10.3 Å². The first-order valence-electron chi connectivity index (χ1n) is 6.17. The van der Waals surface area contributed by atoms with Gasteiger partial charge in [0.2, 0.25) is 0 Å². The van der Waals surface area contributed by atoms with Crippen LogP contribution in [-0.2, 0) is 0 Å². The van der Waals surface area contributed by atoms with Gasteiger partial charge in [0.15, 0.2) is 0 Å². The molecule has 88 valence electrons. The Morgan fingerprint density at radius 3 is 2.94 bits per heavy atom. The van der Waals surface area contributed by atoms with Gasteiger partial charge < -0.3 is 10.6 Å². The summed E-state index contributed by atoms with van der Waals surface area (Å²) in [4.78, 5) is 4.45. The minimum absolute atomic E-state index is 0.620. The normalized spacial score (nSPS) is 20.8. The highest BCUT2D eigenvalue weighted by atomic mass is 15.0. The second kappa shape index (κ2) is 5.30. The molecule has 16 heavy (non-hydrogen) atoms. The molecule has 3 nitrogen and oxygen atoms in total. The van der Waals surface area contributed by atoms with Crippen molar-refractivity contribution in [2.75, 3.05) is 18.4 Å². The van der Waals surface area contributed by atoms with Crippen molar-refractivity contribution in [3.8, 4) is 0 Å². The van der Waals surface area contributed by atoms with E-state index >= 15 is 0 Å². The van der Waals surface area contributed by atoms with Crippen molar-refractivity contribution in [1.29, 1.82) is 0 Å². The van der Waals surface area contributed by atoms with Crippen LogP contribution in [0.5, 0.6) is 0 Å². The fourth-order valence-electron chi connectivity index (χ4n) is 2.20. The summed E-state index contributed by atoms with van der Waals surface area (Å²) in [6.07, 6.45) is 3.96. The Bertz CT molecular complexity index is 343. The fourth-order valence-corrected chi connectivity index (χ4v) is 2.20. The highest BCUT2D eigenvalue weighted by Crippen LogP contribution is 2.14. The van der Waals surface area contributed by atoms with Crippen molar-refractivity contribution < 1.29 is 0 Å². The molecule has 1 aromatic heterocycles. The third-order valence-electron chi connectivity index (χ3n) is 3.18. The summed E-state index contributed by atoms with van der Waals surface area (Å²) >= 11 is 0. The Hall–Kier alpha value is -1.09. The van der Waals surface area contributed by atoms with E-state index in [4.69, 9.17) is 0 Å². The zero-order chi connectivity index (χ0) is 11.4. The van der Waals surface area contributed by atoms with Crippen LogP contribution in [0.1, 0.15) is 30.7 Å². The van der Waals surface area contributed by atoms with Gasteiger partial charge in [-0.3, -0.25) is 4.98 Å². The molecule has 2 rings (SSSR count). The molecule has 2 N–H and O–H groups in total. The molecule has 1 aliphatic rings. The van der Waals surface area contributed by atoms with Crippen LogP contribution in [-0.4, -0.2) is 24.1 Å². The molecule has 1 atom stereocenters. The van der Waals surface area contributed by atoms with E-state index in [9.17, 15) is 0 Å². The Morgan fingerprint density at radius 1 is 1.38 bits per heavy atom. The highest BCUT2D eigenvalue weighted by Gasteiger charge is 2.12. The molecule has 1 aliphatic heterocycles. The number of anilines is 1. The van der Waals surface area contributed by atoms with Gasteiger partial charge in [-0.15, -0.1) is 0 Å². The van der Waals surface area contributed by atoms with Crippen LogP contribution in [0.2, 0.25) is 0 Å². The maximum absolute atomic E-state index is 4.45. The van der Waals surface area contributed by atoms with Crippen LogP contribution in [0.25, 0.3) is 0 Å². The molecule has 0 bridgehead atoms. The lowest BCUT2D eigenvalue weighted by molar-refractivity contribution is 0.414. The third-order valence-corrected chi connectivity index (χ3v) is 3.18. The van der Waals surface area contributed by atoms with E-state index in [-0.39, 0.29) is 0 Å². The number of hydrogen-bond acceptors (Lipinski definition) is 3. The maximum Gasteiger partial charge on any atom is 0.0606 e. The van der Waals surface area contributed by atoms with Gasteiger partial charge in [0.05, 0.1) is 11.4 Å². The molecule has 2 heterocycles. The summed E-state index contributed by atoms with van der Waals surface area (Å²) in [5.74, 6) is 0. The van der Waals surface area contributed by atoms with Gasteiger partial charge in [-0.05, 0) is 45.4 Å². The first-order valence-corrected chi connectivity index (χ1v) is 6.17. The summed E-state index contributed by atoms with van der Waals surface area (Å²) in [5.41, 5.74) is 3.34. The maximum atomic E-state index is 4.45. The number of nitrogens with zero attached hydrogens (tertiary/aromatic N) is 1. The Labute approximate surface area is 97.7 Å². The Balaban J connectivity index is 1.88. The van der Waals surface area contributed by atoms with E-state index in [0.717, 1.165) is 30.2 Å². The second-order valence-electron chi connectivity index (χ2n) is 4.61. The molecule has 0 spiro atoms. The Kier molecular flexibility index (Phi) is 3.78. The predicted octanol–water partition coefficient (Wildman–Crippen LogP) is 2.25. The van der Waals surface area contributed by atoms with Gasteiger partial charge in [0, 0.05) is 18.3 Å². The molecular weight excluding hydrogens is 198 g/mol. The van der Waals surface area contributed by atoms with E-state index in [1.54, 1.807) is 0 Å². The molecular formula is C13H21N3. The zero-order valence-corrected chi connectivity index (χ0v) is 10.2. The first kappa shape index (κ1) is 11.4.